The van der Waals surface area contributed by atoms with Crippen molar-refractivity contribution in [3.05, 3.63) is 17.7 Å². The van der Waals surface area contributed by atoms with Gasteiger partial charge in [0.1, 0.15) is 11.5 Å². The lowest BCUT2D eigenvalue weighted by atomic mass is 10.1. The first kappa shape index (κ1) is 13.3. The van der Waals surface area contributed by atoms with Crippen LogP contribution in [0.3, 0.4) is 0 Å². The first-order valence-corrected chi connectivity index (χ1v) is 7.89. The largest absolute Gasteiger partial charge is 0.373 e. The second-order valence-corrected chi connectivity index (χ2v) is 6.36. The average Bonchev–Trinajstić information content (AvgIpc) is 3.11. The summed E-state index contributed by atoms with van der Waals surface area (Å²) in [5.74, 6) is 1.12. The zero-order valence-corrected chi connectivity index (χ0v) is 12.5. The second-order valence-electron chi connectivity index (χ2n) is 6.36. The Labute approximate surface area is 124 Å². The summed E-state index contributed by atoms with van der Waals surface area (Å²) in [5.41, 5.74) is 0.605. The van der Waals surface area contributed by atoms with Crippen LogP contribution in [-0.2, 0) is 17.7 Å². The van der Waals surface area contributed by atoms with Crippen molar-refractivity contribution < 1.29 is 9.53 Å². The molecule has 4 heterocycles. The lowest BCUT2D eigenvalue weighted by Crippen LogP contribution is -2.48. The van der Waals surface area contributed by atoms with Crippen molar-refractivity contribution in [2.45, 2.75) is 38.0 Å². The number of likely N-dealkylation sites (tertiary alicyclic amines) is 1. The summed E-state index contributed by atoms with van der Waals surface area (Å²) in [7, 11) is 2.11. The Balaban J connectivity index is 1.51. The summed E-state index contributed by atoms with van der Waals surface area (Å²) < 4.78 is 7.95. The van der Waals surface area contributed by atoms with Crippen LogP contribution in [0.4, 0.5) is 0 Å². The van der Waals surface area contributed by atoms with Crippen molar-refractivity contribution in [1.29, 1.82) is 0 Å². The quantitative estimate of drug-likeness (QED) is 0.750. The van der Waals surface area contributed by atoms with Gasteiger partial charge in [-0.3, -0.25) is 9.69 Å². The van der Waals surface area contributed by atoms with Crippen LogP contribution < -0.4 is 0 Å². The van der Waals surface area contributed by atoms with E-state index in [0.717, 1.165) is 38.5 Å². The van der Waals surface area contributed by atoms with Crippen LogP contribution in [0.1, 0.15) is 29.2 Å². The van der Waals surface area contributed by atoms with Gasteiger partial charge in [0.05, 0.1) is 18.8 Å². The number of carbonyl (C=O) groups is 1. The van der Waals surface area contributed by atoms with Crippen LogP contribution in [0.2, 0.25) is 0 Å². The van der Waals surface area contributed by atoms with Gasteiger partial charge in [-0.25, -0.2) is 4.98 Å². The number of rotatable bonds is 1. The number of ether oxygens (including phenoxy) is 1. The molecule has 0 N–H and O–H groups in total. The van der Waals surface area contributed by atoms with E-state index >= 15 is 0 Å². The Hall–Kier alpha value is -1.40. The molecule has 6 nitrogen and oxygen atoms in total. The Morgan fingerprint density at radius 1 is 1.33 bits per heavy atom. The molecule has 2 atom stereocenters. The average molecular weight is 290 g/mol. The molecule has 21 heavy (non-hydrogen) atoms. The van der Waals surface area contributed by atoms with Crippen molar-refractivity contribution in [3.63, 3.8) is 0 Å². The first-order valence-electron chi connectivity index (χ1n) is 7.89. The number of aryl methyl sites for hydroxylation is 2. The van der Waals surface area contributed by atoms with Gasteiger partial charge in [0.2, 0.25) is 0 Å². The monoisotopic (exact) mass is 290 g/mol. The second kappa shape index (κ2) is 5.10. The number of aromatic nitrogens is 2. The Morgan fingerprint density at radius 2 is 2.24 bits per heavy atom. The van der Waals surface area contributed by atoms with E-state index in [2.05, 4.69) is 21.5 Å². The molecule has 0 aliphatic carbocycles. The van der Waals surface area contributed by atoms with Gasteiger partial charge in [0.25, 0.3) is 5.91 Å². The molecule has 4 rings (SSSR count). The summed E-state index contributed by atoms with van der Waals surface area (Å²) in [5, 5.41) is 0. The Bertz CT molecular complexity index is 532. The molecule has 0 aromatic carbocycles. The van der Waals surface area contributed by atoms with E-state index in [1.807, 2.05) is 11.1 Å². The van der Waals surface area contributed by atoms with Gasteiger partial charge in [-0.15, -0.1) is 0 Å². The van der Waals surface area contributed by atoms with Crippen LogP contribution in [0.5, 0.6) is 0 Å². The lowest BCUT2D eigenvalue weighted by molar-refractivity contribution is -0.0368. The smallest absolute Gasteiger partial charge is 0.274 e. The van der Waals surface area contributed by atoms with E-state index in [-0.39, 0.29) is 12.0 Å². The third-order valence-electron chi connectivity index (χ3n) is 4.99. The van der Waals surface area contributed by atoms with Crippen LogP contribution in [0.15, 0.2) is 6.20 Å². The number of hydrogen-bond donors (Lipinski definition) is 0. The van der Waals surface area contributed by atoms with Gasteiger partial charge in [-0.2, -0.15) is 0 Å². The zero-order chi connectivity index (χ0) is 14.4. The van der Waals surface area contributed by atoms with E-state index in [4.69, 9.17) is 4.74 Å². The number of carbonyl (C=O) groups excluding carboxylic acids is 1. The lowest BCUT2D eigenvalue weighted by Gasteiger charge is -2.33. The highest BCUT2D eigenvalue weighted by Gasteiger charge is 2.41. The third-order valence-corrected chi connectivity index (χ3v) is 4.99. The topological polar surface area (TPSA) is 50.6 Å². The maximum atomic E-state index is 12.7. The standard InChI is InChI=1S/C15H22N4O2/c1-17-6-7-21-13-10-19(9-12(13)17)15(20)11-8-18-5-3-2-4-14(18)16-11/h8,12-13H,2-7,9-10H2,1H3/t12-,13+/m0/s1. The highest BCUT2D eigenvalue weighted by Crippen LogP contribution is 2.23. The molecule has 6 heteroatoms. The molecule has 3 aliphatic rings. The molecule has 0 saturated carbocycles. The number of imidazole rings is 1. The van der Waals surface area contributed by atoms with Crippen LogP contribution >= 0.6 is 0 Å². The molecule has 2 saturated heterocycles. The van der Waals surface area contributed by atoms with E-state index in [9.17, 15) is 4.79 Å². The van der Waals surface area contributed by atoms with Crippen LogP contribution in [0.25, 0.3) is 0 Å². The first-order chi connectivity index (χ1) is 10.2. The summed E-state index contributed by atoms with van der Waals surface area (Å²) in [6, 6.07) is 0.333. The van der Waals surface area contributed by atoms with Gasteiger partial charge < -0.3 is 14.2 Å². The maximum absolute atomic E-state index is 12.7. The van der Waals surface area contributed by atoms with Gasteiger partial charge in [0, 0.05) is 38.8 Å². The molecule has 0 spiro atoms. The highest BCUT2D eigenvalue weighted by atomic mass is 16.5. The van der Waals surface area contributed by atoms with Crippen molar-refractivity contribution in [2.24, 2.45) is 0 Å². The molecule has 1 aromatic heterocycles. The number of hydrogen-bond acceptors (Lipinski definition) is 4. The number of nitrogens with zero attached hydrogens (tertiary/aromatic N) is 4. The van der Waals surface area contributed by atoms with E-state index in [0.29, 0.717) is 18.3 Å². The Morgan fingerprint density at radius 3 is 3.05 bits per heavy atom. The van der Waals surface area contributed by atoms with Crippen molar-refractivity contribution in [3.8, 4) is 0 Å². The SMILES string of the molecule is CN1CCO[C@@H]2CN(C(=O)c3cn4c(n3)CCCC4)C[C@@H]21. The van der Waals surface area contributed by atoms with Crippen molar-refractivity contribution >= 4 is 5.91 Å². The minimum atomic E-state index is 0.0586. The van der Waals surface area contributed by atoms with Gasteiger partial charge in [0.15, 0.2) is 0 Å². The van der Waals surface area contributed by atoms with E-state index < -0.39 is 0 Å². The fourth-order valence-corrected chi connectivity index (χ4v) is 3.70. The van der Waals surface area contributed by atoms with Gasteiger partial charge in [-0.1, -0.05) is 0 Å². The van der Waals surface area contributed by atoms with Gasteiger partial charge >= 0.3 is 0 Å². The zero-order valence-electron chi connectivity index (χ0n) is 12.5. The summed E-state index contributed by atoms with van der Waals surface area (Å²) in [4.78, 5) is 21.5. The number of morpholine rings is 1. The summed E-state index contributed by atoms with van der Waals surface area (Å²) in [6.07, 6.45) is 5.44. The highest BCUT2D eigenvalue weighted by molar-refractivity contribution is 5.92. The molecular formula is C15H22N4O2. The molecule has 0 radical (unpaired) electrons. The molecular weight excluding hydrogens is 268 g/mol. The molecule has 2 fully saturated rings. The van der Waals surface area contributed by atoms with Crippen molar-refractivity contribution in [2.75, 3.05) is 33.3 Å². The van der Waals surface area contributed by atoms with Gasteiger partial charge in [-0.05, 0) is 19.9 Å². The number of likely N-dealkylation sites (N-methyl/N-ethyl adjacent to an activating group) is 1. The third kappa shape index (κ3) is 2.26. The fraction of sp³-hybridized carbons (Fsp3) is 0.733. The van der Waals surface area contributed by atoms with E-state index in [1.165, 1.54) is 12.8 Å². The predicted octanol–water partition coefficient (Wildman–Crippen LogP) is 0.374. The summed E-state index contributed by atoms with van der Waals surface area (Å²) >= 11 is 0. The molecule has 1 aromatic rings. The maximum Gasteiger partial charge on any atom is 0.274 e. The van der Waals surface area contributed by atoms with E-state index in [1.54, 1.807) is 0 Å². The minimum Gasteiger partial charge on any atom is -0.373 e. The van der Waals surface area contributed by atoms with Crippen molar-refractivity contribution in [1.82, 2.24) is 19.4 Å². The number of fused-ring (bicyclic) bond motifs is 2. The van der Waals surface area contributed by atoms with Crippen LogP contribution in [-0.4, -0.2) is 70.7 Å². The number of amides is 1. The predicted molar refractivity (Wildman–Crippen MR) is 77.2 cm³/mol. The molecule has 0 unspecified atom stereocenters. The molecule has 3 aliphatic heterocycles. The molecule has 1 amide bonds. The molecule has 114 valence electrons. The summed E-state index contributed by atoms with van der Waals surface area (Å²) in [6.45, 7) is 4.14. The normalized spacial score (nSPS) is 29.3. The van der Waals surface area contributed by atoms with Crippen LogP contribution in [0, 0.1) is 0 Å². The Kier molecular flexibility index (Phi) is 3.23. The fourth-order valence-electron chi connectivity index (χ4n) is 3.70. The molecule has 0 bridgehead atoms. The minimum absolute atomic E-state index is 0.0586.